The fraction of sp³-hybridized carbons (Fsp3) is 0.316. The van der Waals surface area contributed by atoms with Gasteiger partial charge in [0.1, 0.15) is 5.69 Å². The van der Waals surface area contributed by atoms with E-state index >= 15 is 0 Å². The molecule has 1 aliphatic rings. The normalized spacial score (nSPS) is 13.3. The van der Waals surface area contributed by atoms with E-state index in [1.54, 1.807) is 24.3 Å². The summed E-state index contributed by atoms with van der Waals surface area (Å²) in [7, 11) is 0. The molecule has 0 saturated heterocycles. The van der Waals surface area contributed by atoms with Crippen LogP contribution in [0.1, 0.15) is 51.7 Å². The van der Waals surface area contributed by atoms with E-state index in [0.717, 1.165) is 35.4 Å². The second-order valence-electron chi connectivity index (χ2n) is 6.18. The SMILES string of the molecule is CCCCc1cc(NCN2C(=O)c3ccccc3C2=O)c(=O)[nH]c1C. The molecule has 2 heterocycles. The summed E-state index contributed by atoms with van der Waals surface area (Å²) in [5.74, 6) is -0.689. The Morgan fingerprint density at radius 1 is 1.08 bits per heavy atom. The summed E-state index contributed by atoms with van der Waals surface area (Å²) in [6.07, 6.45) is 2.97. The van der Waals surface area contributed by atoms with Crippen molar-refractivity contribution in [2.75, 3.05) is 12.0 Å². The molecular weight excluding hydrogens is 318 g/mol. The molecule has 6 nitrogen and oxygen atoms in total. The van der Waals surface area contributed by atoms with Gasteiger partial charge in [0.2, 0.25) is 0 Å². The van der Waals surface area contributed by atoms with Gasteiger partial charge in [-0.15, -0.1) is 0 Å². The lowest BCUT2D eigenvalue weighted by Gasteiger charge is -2.16. The van der Waals surface area contributed by atoms with Crippen LogP contribution >= 0.6 is 0 Å². The van der Waals surface area contributed by atoms with Gasteiger partial charge in [-0.2, -0.15) is 0 Å². The first-order chi connectivity index (χ1) is 12.0. The smallest absolute Gasteiger partial charge is 0.271 e. The summed E-state index contributed by atoms with van der Waals surface area (Å²) in [5.41, 5.74) is 2.82. The standard InChI is InChI=1S/C19H21N3O3/c1-3-4-7-13-10-16(17(23)21-12(13)2)20-11-22-18(24)14-8-5-6-9-15(14)19(22)25/h5-6,8-10,20H,3-4,7,11H2,1-2H3,(H,21,23). The number of unbranched alkanes of at least 4 members (excludes halogenated alkanes) is 1. The number of H-pyrrole nitrogens is 1. The van der Waals surface area contributed by atoms with Gasteiger partial charge in [0, 0.05) is 5.69 Å². The number of benzene rings is 1. The molecule has 2 aromatic rings. The van der Waals surface area contributed by atoms with Crippen LogP contribution in [0, 0.1) is 6.92 Å². The number of aromatic nitrogens is 1. The third-order valence-corrected chi connectivity index (χ3v) is 4.45. The largest absolute Gasteiger partial charge is 0.363 e. The van der Waals surface area contributed by atoms with Crippen molar-refractivity contribution in [3.8, 4) is 0 Å². The quantitative estimate of drug-likeness (QED) is 0.793. The van der Waals surface area contributed by atoms with Crippen LogP contribution in [-0.4, -0.2) is 28.4 Å². The summed E-state index contributed by atoms with van der Waals surface area (Å²) in [6.45, 7) is 3.95. The highest BCUT2D eigenvalue weighted by Gasteiger charge is 2.34. The van der Waals surface area contributed by atoms with E-state index in [4.69, 9.17) is 0 Å². The summed E-state index contributed by atoms with van der Waals surface area (Å²) in [5, 5.41) is 2.94. The molecule has 0 saturated carbocycles. The number of carbonyl (C=O) groups is 2. The van der Waals surface area contributed by atoms with Gasteiger partial charge in [0.25, 0.3) is 17.4 Å². The Labute approximate surface area is 145 Å². The molecule has 0 unspecified atom stereocenters. The molecule has 0 spiro atoms. The summed E-state index contributed by atoms with van der Waals surface area (Å²) >= 11 is 0. The number of anilines is 1. The summed E-state index contributed by atoms with van der Waals surface area (Å²) < 4.78 is 0. The number of hydrogen-bond donors (Lipinski definition) is 2. The van der Waals surface area contributed by atoms with Gasteiger partial charge in [-0.1, -0.05) is 25.5 Å². The Morgan fingerprint density at radius 3 is 2.32 bits per heavy atom. The van der Waals surface area contributed by atoms with Gasteiger partial charge in [0.05, 0.1) is 17.8 Å². The van der Waals surface area contributed by atoms with Gasteiger partial charge in [-0.05, 0) is 43.5 Å². The fourth-order valence-corrected chi connectivity index (χ4v) is 2.97. The molecule has 25 heavy (non-hydrogen) atoms. The van der Waals surface area contributed by atoms with Gasteiger partial charge < -0.3 is 10.3 Å². The minimum atomic E-state index is -0.345. The molecule has 0 aliphatic carbocycles. The lowest BCUT2D eigenvalue weighted by atomic mass is 10.1. The predicted octanol–water partition coefficient (Wildman–Crippen LogP) is 2.69. The van der Waals surface area contributed by atoms with Gasteiger partial charge in [-0.25, -0.2) is 0 Å². The van der Waals surface area contributed by atoms with Crippen molar-refractivity contribution < 1.29 is 9.59 Å². The zero-order valence-electron chi connectivity index (χ0n) is 14.4. The number of nitrogens with zero attached hydrogens (tertiary/aromatic N) is 1. The zero-order chi connectivity index (χ0) is 18.0. The Bertz CT molecular complexity index is 851. The van der Waals surface area contributed by atoms with Crippen LogP contribution in [0.5, 0.6) is 0 Å². The summed E-state index contributed by atoms with van der Waals surface area (Å²) in [4.78, 5) is 40.8. The van der Waals surface area contributed by atoms with Crippen LogP contribution in [-0.2, 0) is 6.42 Å². The van der Waals surface area contributed by atoms with Crippen molar-refractivity contribution in [2.24, 2.45) is 0 Å². The van der Waals surface area contributed by atoms with Gasteiger partial charge >= 0.3 is 0 Å². The molecule has 1 aromatic heterocycles. The van der Waals surface area contributed by atoms with E-state index in [1.807, 2.05) is 13.0 Å². The second kappa shape index (κ2) is 6.93. The minimum Gasteiger partial charge on any atom is -0.363 e. The molecular formula is C19H21N3O3. The third-order valence-electron chi connectivity index (χ3n) is 4.45. The number of fused-ring (bicyclic) bond motifs is 1. The Morgan fingerprint density at radius 2 is 1.72 bits per heavy atom. The highest BCUT2D eigenvalue weighted by atomic mass is 16.2. The highest BCUT2D eigenvalue weighted by molar-refractivity contribution is 6.21. The highest BCUT2D eigenvalue weighted by Crippen LogP contribution is 2.22. The first-order valence-corrected chi connectivity index (χ1v) is 8.44. The number of carbonyl (C=O) groups excluding carboxylic acids is 2. The van der Waals surface area contributed by atoms with Gasteiger partial charge in [-0.3, -0.25) is 19.3 Å². The van der Waals surface area contributed by atoms with E-state index in [0.29, 0.717) is 16.8 Å². The monoisotopic (exact) mass is 339 g/mol. The first-order valence-electron chi connectivity index (χ1n) is 8.44. The molecule has 0 bridgehead atoms. The van der Waals surface area contributed by atoms with Crippen molar-refractivity contribution in [3.05, 3.63) is 63.1 Å². The van der Waals surface area contributed by atoms with Crippen LogP contribution in [0.2, 0.25) is 0 Å². The van der Waals surface area contributed by atoms with Crippen molar-refractivity contribution >= 4 is 17.5 Å². The second-order valence-corrected chi connectivity index (χ2v) is 6.18. The number of imide groups is 1. The average Bonchev–Trinajstić information content (AvgIpc) is 2.85. The Kier molecular flexibility index (Phi) is 4.70. The maximum absolute atomic E-state index is 12.4. The average molecular weight is 339 g/mol. The molecule has 0 atom stereocenters. The van der Waals surface area contributed by atoms with E-state index in [9.17, 15) is 14.4 Å². The zero-order valence-corrected chi connectivity index (χ0v) is 14.4. The fourth-order valence-electron chi connectivity index (χ4n) is 2.97. The minimum absolute atomic E-state index is 0.0360. The molecule has 130 valence electrons. The van der Waals surface area contributed by atoms with Gasteiger partial charge in [0.15, 0.2) is 0 Å². The molecule has 0 fully saturated rings. The van der Waals surface area contributed by atoms with E-state index < -0.39 is 0 Å². The lowest BCUT2D eigenvalue weighted by molar-refractivity contribution is 0.0665. The van der Waals surface area contributed by atoms with Crippen LogP contribution in [0.3, 0.4) is 0 Å². The molecule has 2 N–H and O–H groups in total. The van der Waals surface area contributed by atoms with Crippen LogP contribution in [0.15, 0.2) is 35.1 Å². The number of rotatable bonds is 6. The van der Waals surface area contributed by atoms with E-state index in [1.165, 1.54) is 0 Å². The van der Waals surface area contributed by atoms with Crippen LogP contribution < -0.4 is 10.9 Å². The Balaban J connectivity index is 1.77. The number of hydrogen-bond acceptors (Lipinski definition) is 4. The predicted molar refractivity (Wildman–Crippen MR) is 95.8 cm³/mol. The van der Waals surface area contributed by atoms with E-state index in [2.05, 4.69) is 17.2 Å². The van der Waals surface area contributed by atoms with Crippen molar-refractivity contribution in [1.29, 1.82) is 0 Å². The maximum atomic E-state index is 12.4. The maximum Gasteiger partial charge on any atom is 0.271 e. The van der Waals surface area contributed by atoms with Crippen LogP contribution in [0.4, 0.5) is 5.69 Å². The lowest BCUT2D eigenvalue weighted by Crippen LogP contribution is -2.35. The molecule has 0 radical (unpaired) electrons. The van der Waals surface area contributed by atoms with Crippen molar-refractivity contribution in [1.82, 2.24) is 9.88 Å². The number of amides is 2. The topological polar surface area (TPSA) is 82.3 Å². The molecule has 6 heteroatoms. The molecule has 1 aromatic carbocycles. The number of pyridine rings is 1. The number of aromatic amines is 1. The first kappa shape index (κ1) is 17.0. The number of aryl methyl sites for hydroxylation is 2. The van der Waals surface area contributed by atoms with Crippen molar-refractivity contribution in [3.63, 3.8) is 0 Å². The van der Waals surface area contributed by atoms with Crippen molar-refractivity contribution in [2.45, 2.75) is 33.1 Å². The Hall–Kier alpha value is -2.89. The van der Waals surface area contributed by atoms with Crippen LogP contribution in [0.25, 0.3) is 0 Å². The molecule has 2 amide bonds. The van der Waals surface area contributed by atoms with E-state index in [-0.39, 0.29) is 24.0 Å². The number of nitrogens with one attached hydrogen (secondary N) is 2. The molecule has 3 rings (SSSR count). The third kappa shape index (κ3) is 3.20. The summed E-state index contributed by atoms with van der Waals surface area (Å²) in [6, 6.07) is 8.54. The molecule has 1 aliphatic heterocycles.